The van der Waals surface area contributed by atoms with Crippen LogP contribution in [-0.2, 0) is 16.0 Å². The van der Waals surface area contributed by atoms with Gasteiger partial charge in [0, 0.05) is 6.42 Å². The third kappa shape index (κ3) is 5.07. The van der Waals surface area contributed by atoms with E-state index >= 15 is 0 Å². The summed E-state index contributed by atoms with van der Waals surface area (Å²) in [6, 6.07) is 8.76. The molecule has 0 aromatic heterocycles. The molecule has 0 aliphatic carbocycles. The summed E-state index contributed by atoms with van der Waals surface area (Å²) < 4.78 is 5.06. The molecular formula is C15H21NO5. The zero-order valence-corrected chi connectivity index (χ0v) is 12.4. The molecule has 6 heteroatoms. The van der Waals surface area contributed by atoms with Gasteiger partial charge in [-0.2, -0.15) is 0 Å². The van der Waals surface area contributed by atoms with Crippen LogP contribution in [0.5, 0.6) is 0 Å². The fourth-order valence-electron chi connectivity index (χ4n) is 1.78. The number of benzene rings is 1. The zero-order valence-electron chi connectivity index (χ0n) is 12.4. The Hall–Kier alpha value is -2.08. The van der Waals surface area contributed by atoms with E-state index in [-0.39, 0.29) is 6.42 Å². The van der Waals surface area contributed by atoms with Crippen LogP contribution in [0.4, 0.5) is 4.79 Å². The lowest BCUT2D eigenvalue weighted by Gasteiger charge is -2.30. The minimum atomic E-state index is -1.82. The molecule has 1 atom stereocenters. The summed E-state index contributed by atoms with van der Waals surface area (Å²) in [4.78, 5) is 23.3. The van der Waals surface area contributed by atoms with Crippen molar-refractivity contribution in [2.75, 3.05) is 6.61 Å². The molecule has 0 bridgehead atoms. The van der Waals surface area contributed by atoms with E-state index in [4.69, 9.17) is 4.74 Å². The lowest BCUT2D eigenvalue weighted by Crippen LogP contribution is -2.59. The Kier molecular flexibility index (Phi) is 5.32. The molecule has 1 amide bonds. The van der Waals surface area contributed by atoms with Crippen molar-refractivity contribution in [3.05, 3.63) is 35.9 Å². The first-order valence-corrected chi connectivity index (χ1v) is 6.58. The van der Waals surface area contributed by atoms with Crippen LogP contribution in [0.25, 0.3) is 0 Å². The molecule has 1 aromatic carbocycles. The first kappa shape index (κ1) is 17.0. The van der Waals surface area contributed by atoms with E-state index in [0.717, 1.165) is 0 Å². The summed E-state index contributed by atoms with van der Waals surface area (Å²) in [5.41, 5.74) is -1.88. The second-order valence-corrected chi connectivity index (χ2v) is 5.83. The number of carboxylic acid groups (broad SMARTS) is 1. The predicted molar refractivity (Wildman–Crippen MR) is 77.0 cm³/mol. The SMILES string of the molecule is CC(C)(C)OC(=O)N[C@](CO)(Cc1ccccc1)C(=O)O. The molecular weight excluding hydrogens is 274 g/mol. The number of hydrogen-bond donors (Lipinski definition) is 3. The highest BCUT2D eigenvalue weighted by Gasteiger charge is 2.41. The Bertz CT molecular complexity index is 495. The summed E-state index contributed by atoms with van der Waals surface area (Å²) in [6.07, 6.45) is -0.922. The van der Waals surface area contributed by atoms with Gasteiger partial charge in [-0.05, 0) is 26.3 Å². The summed E-state index contributed by atoms with van der Waals surface area (Å²) in [7, 11) is 0. The molecule has 0 heterocycles. The second kappa shape index (κ2) is 6.58. The Morgan fingerprint density at radius 1 is 1.19 bits per heavy atom. The predicted octanol–water partition coefficient (Wildman–Crippen LogP) is 1.57. The summed E-state index contributed by atoms with van der Waals surface area (Å²) in [5, 5.41) is 21.2. The van der Waals surface area contributed by atoms with Gasteiger partial charge in [-0.25, -0.2) is 9.59 Å². The van der Waals surface area contributed by atoms with E-state index < -0.39 is 29.8 Å². The number of nitrogens with one attached hydrogen (secondary N) is 1. The average Bonchev–Trinajstić information content (AvgIpc) is 2.36. The number of aliphatic carboxylic acids is 1. The van der Waals surface area contributed by atoms with Crippen LogP contribution in [0.15, 0.2) is 30.3 Å². The molecule has 0 saturated carbocycles. The standard InChI is InChI=1S/C15H21NO5/c1-14(2,3)21-13(20)16-15(10-17,12(18)19)9-11-7-5-4-6-8-11/h4-8,17H,9-10H2,1-3H3,(H,16,20)(H,18,19)/t15-/m0/s1. The highest BCUT2D eigenvalue weighted by molar-refractivity contribution is 5.85. The van der Waals surface area contributed by atoms with Crippen molar-refractivity contribution >= 4 is 12.1 Å². The van der Waals surface area contributed by atoms with Crippen LogP contribution in [0.1, 0.15) is 26.3 Å². The Labute approximate surface area is 123 Å². The topological polar surface area (TPSA) is 95.9 Å². The fourth-order valence-corrected chi connectivity index (χ4v) is 1.78. The number of amides is 1. The molecule has 0 spiro atoms. The van der Waals surface area contributed by atoms with Gasteiger partial charge in [0.2, 0.25) is 0 Å². The molecule has 6 nitrogen and oxygen atoms in total. The molecule has 0 aliphatic rings. The van der Waals surface area contributed by atoms with Crippen LogP contribution in [0, 0.1) is 0 Å². The number of carbonyl (C=O) groups excluding carboxylic acids is 1. The third-order valence-electron chi connectivity index (χ3n) is 2.77. The van der Waals surface area contributed by atoms with E-state index in [1.807, 2.05) is 0 Å². The lowest BCUT2D eigenvalue weighted by atomic mass is 9.91. The molecule has 0 aliphatic heterocycles. The molecule has 0 fully saturated rings. The maximum absolute atomic E-state index is 11.8. The number of ether oxygens (including phenoxy) is 1. The third-order valence-corrected chi connectivity index (χ3v) is 2.77. The largest absolute Gasteiger partial charge is 0.479 e. The highest BCUT2D eigenvalue weighted by atomic mass is 16.6. The van der Waals surface area contributed by atoms with Crippen LogP contribution >= 0.6 is 0 Å². The summed E-state index contributed by atoms with van der Waals surface area (Å²) in [6.45, 7) is 4.28. The number of aliphatic hydroxyl groups excluding tert-OH is 1. The van der Waals surface area contributed by atoms with Gasteiger partial charge < -0.3 is 20.3 Å². The van der Waals surface area contributed by atoms with Crippen LogP contribution < -0.4 is 5.32 Å². The molecule has 3 N–H and O–H groups in total. The summed E-state index contributed by atoms with van der Waals surface area (Å²) >= 11 is 0. The second-order valence-electron chi connectivity index (χ2n) is 5.83. The molecule has 0 unspecified atom stereocenters. The monoisotopic (exact) mass is 295 g/mol. The van der Waals surface area contributed by atoms with Gasteiger partial charge in [-0.15, -0.1) is 0 Å². The number of aliphatic hydroxyl groups is 1. The maximum Gasteiger partial charge on any atom is 0.408 e. The number of hydrogen-bond acceptors (Lipinski definition) is 4. The average molecular weight is 295 g/mol. The van der Waals surface area contributed by atoms with Crippen molar-refractivity contribution < 1.29 is 24.5 Å². The number of alkyl carbamates (subject to hydrolysis) is 1. The number of carboxylic acids is 1. The molecule has 0 radical (unpaired) electrons. The van der Waals surface area contributed by atoms with Gasteiger partial charge in [0.1, 0.15) is 5.60 Å². The first-order valence-electron chi connectivity index (χ1n) is 6.58. The summed E-state index contributed by atoms with van der Waals surface area (Å²) in [5.74, 6) is -1.32. The number of rotatable bonds is 5. The first-order chi connectivity index (χ1) is 9.68. The van der Waals surface area contributed by atoms with Crippen LogP contribution in [0.3, 0.4) is 0 Å². The van der Waals surface area contributed by atoms with Crippen LogP contribution in [-0.4, -0.2) is 40.0 Å². The lowest BCUT2D eigenvalue weighted by molar-refractivity contribution is -0.146. The molecule has 1 aromatic rings. The normalized spacial score (nSPS) is 14.1. The van der Waals surface area contributed by atoms with Crippen LogP contribution in [0.2, 0.25) is 0 Å². The maximum atomic E-state index is 11.8. The van der Waals surface area contributed by atoms with E-state index in [9.17, 15) is 19.8 Å². The molecule has 0 saturated heterocycles. The Balaban J connectivity index is 2.94. The van der Waals surface area contributed by atoms with Crippen molar-refractivity contribution in [1.29, 1.82) is 0 Å². The highest BCUT2D eigenvalue weighted by Crippen LogP contribution is 2.16. The number of carbonyl (C=O) groups is 2. The molecule has 21 heavy (non-hydrogen) atoms. The smallest absolute Gasteiger partial charge is 0.408 e. The van der Waals surface area contributed by atoms with Gasteiger partial charge in [-0.1, -0.05) is 30.3 Å². The molecule has 116 valence electrons. The van der Waals surface area contributed by atoms with Crippen molar-refractivity contribution in [2.24, 2.45) is 0 Å². The van der Waals surface area contributed by atoms with Crippen molar-refractivity contribution in [3.63, 3.8) is 0 Å². The zero-order chi connectivity index (χ0) is 16.1. The molecule has 1 rings (SSSR count). The van der Waals surface area contributed by atoms with E-state index in [1.54, 1.807) is 51.1 Å². The van der Waals surface area contributed by atoms with Crippen molar-refractivity contribution in [2.45, 2.75) is 38.3 Å². The van der Waals surface area contributed by atoms with Gasteiger partial charge >= 0.3 is 12.1 Å². The van der Waals surface area contributed by atoms with E-state index in [0.29, 0.717) is 5.56 Å². The van der Waals surface area contributed by atoms with Crippen molar-refractivity contribution in [3.8, 4) is 0 Å². The minimum absolute atomic E-state index is 0.0427. The van der Waals surface area contributed by atoms with Crippen molar-refractivity contribution in [1.82, 2.24) is 5.32 Å². The van der Waals surface area contributed by atoms with E-state index in [1.165, 1.54) is 0 Å². The van der Waals surface area contributed by atoms with Gasteiger partial charge in [-0.3, -0.25) is 0 Å². The van der Waals surface area contributed by atoms with E-state index in [2.05, 4.69) is 5.32 Å². The van der Waals surface area contributed by atoms with Gasteiger partial charge in [0.15, 0.2) is 5.54 Å². The minimum Gasteiger partial charge on any atom is -0.479 e. The fraction of sp³-hybridized carbons (Fsp3) is 0.467. The Morgan fingerprint density at radius 3 is 2.19 bits per heavy atom. The van der Waals surface area contributed by atoms with Gasteiger partial charge in [0.25, 0.3) is 0 Å². The van der Waals surface area contributed by atoms with Gasteiger partial charge in [0.05, 0.1) is 6.61 Å². The quantitative estimate of drug-likeness (QED) is 0.766. The Morgan fingerprint density at radius 2 is 1.76 bits per heavy atom.